The van der Waals surface area contributed by atoms with Gasteiger partial charge in [-0.25, -0.2) is 4.98 Å². The third kappa shape index (κ3) is 5.64. The molecule has 0 aromatic carbocycles. The van der Waals surface area contributed by atoms with Crippen LogP contribution in [0.15, 0.2) is 5.38 Å². The molecule has 0 fully saturated rings. The second kappa shape index (κ2) is 6.50. The van der Waals surface area contributed by atoms with Gasteiger partial charge in [-0.3, -0.25) is 0 Å². The zero-order chi connectivity index (χ0) is 12.9. The summed E-state index contributed by atoms with van der Waals surface area (Å²) >= 11 is 1.80. The zero-order valence-electron chi connectivity index (χ0n) is 11.8. The summed E-state index contributed by atoms with van der Waals surface area (Å²) in [6.45, 7) is 13.3. The molecule has 3 heteroatoms. The Bertz CT molecular complexity index is 323. The fourth-order valence-electron chi connectivity index (χ4n) is 1.53. The van der Waals surface area contributed by atoms with Gasteiger partial charge in [0.2, 0.25) is 0 Å². The summed E-state index contributed by atoms with van der Waals surface area (Å²) in [5, 5.41) is 6.95. The van der Waals surface area contributed by atoms with Crippen LogP contribution in [-0.4, -0.2) is 18.1 Å². The van der Waals surface area contributed by atoms with Crippen molar-refractivity contribution in [2.75, 3.05) is 13.1 Å². The number of nitrogens with zero attached hydrogens (tertiary/aromatic N) is 1. The molecule has 1 aromatic heterocycles. The highest BCUT2D eigenvalue weighted by Gasteiger charge is 2.16. The van der Waals surface area contributed by atoms with Gasteiger partial charge in [0.05, 0.1) is 10.7 Å². The molecule has 0 spiro atoms. The number of hydrogen-bond donors (Lipinski definition) is 1. The lowest BCUT2D eigenvalue weighted by Gasteiger charge is -2.14. The molecule has 0 saturated heterocycles. The van der Waals surface area contributed by atoms with Crippen LogP contribution in [0.25, 0.3) is 0 Å². The molecule has 0 aliphatic carbocycles. The molecule has 0 saturated carbocycles. The highest BCUT2D eigenvalue weighted by Crippen LogP contribution is 2.24. The van der Waals surface area contributed by atoms with Crippen molar-refractivity contribution in [3.8, 4) is 0 Å². The van der Waals surface area contributed by atoms with Crippen molar-refractivity contribution in [3.05, 3.63) is 16.1 Å². The standard InChI is InChI=1S/C14H26N2S/c1-11(2)9-15-8-6-7-13-16-12(10-17-13)14(3,4)5/h10-11,15H,6-9H2,1-5H3. The Balaban J connectivity index is 2.26. The van der Waals surface area contributed by atoms with Gasteiger partial charge in [-0.15, -0.1) is 11.3 Å². The van der Waals surface area contributed by atoms with Crippen molar-refractivity contribution < 1.29 is 0 Å². The Morgan fingerprint density at radius 1 is 1.35 bits per heavy atom. The first-order valence-corrected chi connectivity index (χ1v) is 7.43. The van der Waals surface area contributed by atoms with Gasteiger partial charge >= 0.3 is 0 Å². The van der Waals surface area contributed by atoms with E-state index in [-0.39, 0.29) is 5.41 Å². The maximum atomic E-state index is 4.71. The molecular formula is C14H26N2S. The first kappa shape index (κ1) is 14.7. The second-order valence-corrected chi connectivity index (χ2v) is 7.02. The first-order chi connectivity index (χ1) is 7.89. The van der Waals surface area contributed by atoms with Crippen molar-refractivity contribution in [2.45, 2.75) is 52.9 Å². The van der Waals surface area contributed by atoms with Gasteiger partial charge in [0, 0.05) is 17.2 Å². The summed E-state index contributed by atoms with van der Waals surface area (Å²) in [6, 6.07) is 0. The second-order valence-electron chi connectivity index (χ2n) is 6.08. The molecule has 0 radical (unpaired) electrons. The van der Waals surface area contributed by atoms with E-state index in [1.807, 2.05) is 0 Å². The molecule has 17 heavy (non-hydrogen) atoms. The monoisotopic (exact) mass is 254 g/mol. The smallest absolute Gasteiger partial charge is 0.0928 e. The van der Waals surface area contributed by atoms with E-state index >= 15 is 0 Å². The quantitative estimate of drug-likeness (QED) is 0.784. The molecule has 98 valence electrons. The van der Waals surface area contributed by atoms with Crippen LogP contribution in [-0.2, 0) is 11.8 Å². The molecule has 1 rings (SSSR count). The number of nitrogens with one attached hydrogen (secondary N) is 1. The van der Waals surface area contributed by atoms with Crippen molar-refractivity contribution >= 4 is 11.3 Å². The molecule has 1 aromatic rings. The molecule has 0 unspecified atom stereocenters. The third-order valence-electron chi connectivity index (χ3n) is 2.62. The first-order valence-electron chi connectivity index (χ1n) is 6.55. The third-order valence-corrected chi connectivity index (χ3v) is 3.53. The van der Waals surface area contributed by atoms with Gasteiger partial charge in [0.15, 0.2) is 0 Å². The van der Waals surface area contributed by atoms with Gasteiger partial charge in [-0.05, 0) is 25.4 Å². The van der Waals surface area contributed by atoms with Crippen LogP contribution in [0.5, 0.6) is 0 Å². The summed E-state index contributed by atoms with van der Waals surface area (Å²) in [5.41, 5.74) is 1.41. The van der Waals surface area contributed by atoms with Crippen molar-refractivity contribution in [3.63, 3.8) is 0 Å². The lowest BCUT2D eigenvalue weighted by molar-refractivity contribution is 0.541. The summed E-state index contributed by atoms with van der Waals surface area (Å²) in [6.07, 6.45) is 2.29. The number of aromatic nitrogens is 1. The predicted octanol–water partition coefficient (Wildman–Crippen LogP) is 3.62. The van der Waals surface area contributed by atoms with Gasteiger partial charge < -0.3 is 5.32 Å². The Kier molecular flexibility index (Phi) is 5.60. The van der Waals surface area contributed by atoms with Gasteiger partial charge in [-0.2, -0.15) is 0 Å². The molecule has 0 aliphatic heterocycles. The molecule has 0 bridgehead atoms. The Labute approximate surface area is 110 Å². The van der Waals surface area contributed by atoms with E-state index in [1.165, 1.54) is 17.1 Å². The van der Waals surface area contributed by atoms with Crippen molar-refractivity contribution in [1.29, 1.82) is 0 Å². The zero-order valence-corrected chi connectivity index (χ0v) is 12.7. The minimum Gasteiger partial charge on any atom is -0.316 e. The maximum absolute atomic E-state index is 4.71. The van der Waals surface area contributed by atoms with E-state index in [9.17, 15) is 0 Å². The normalized spacial score (nSPS) is 12.4. The van der Waals surface area contributed by atoms with Crippen LogP contribution in [0.1, 0.15) is 51.7 Å². The minimum absolute atomic E-state index is 0.185. The van der Waals surface area contributed by atoms with E-state index in [0.717, 1.165) is 25.4 Å². The molecule has 1 N–H and O–H groups in total. The molecule has 0 amide bonds. The van der Waals surface area contributed by atoms with Gasteiger partial charge in [-0.1, -0.05) is 34.6 Å². The summed E-state index contributed by atoms with van der Waals surface area (Å²) < 4.78 is 0. The average Bonchev–Trinajstić information content (AvgIpc) is 2.64. The molecule has 0 atom stereocenters. The number of thiazole rings is 1. The van der Waals surface area contributed by atoms with Crippen LogP contribution >= 0.6 is 11.3 Å². The van der Waals surface area contributed by atoms with Crippen LogP contribution in [0.4, 0.5) is 0 Å². The van der Waals surface area contributed by atoms with Crippen molar-refractivity contribution in [2.24, 2.45) is 5.92 Å². The van der Waals surface area contributed by atoms with Crippen molar-refractivity contribution in [1.82, 2.24) is 10.3 Å². The maximum Gasteiger partial charge on any atom is 0.0928 e. The van der Waals surface area contributed by atoms with E-state index < -0.39 is 0 Å². The Hall–Kier alpha value is -0.410. The summed E-state index contributed by atoms with van der Waals surface area (Å²) in [4.78, 5) is 4.71. The molecule has 0 aliphatic rings. The predicted molar refractivity (Wildman–Crippen MR) is 76.8 cm³/mol. The van der Waals surface area contributed by atoms with Crippen LogP contribution in [0, 0.1) is 5.92 Å². The van der Waals surface area contributed by atoms with E-state index in [4.69, 9.17) is 4.98 Å². The van der Waals surface area contributed by atoms with Crippen LogP contribution in [0.3, 0.4) is 0 Å². The average molecular weight is 254 g/mol. The van der Waals surface area contributed by atoms with Crippen LogP contribution < -0.4 is 5.32 Å². The lowest BCUT2D eigenvalue weighted by atomic mass is 9.93. The fourth-order valence-corrected chi connectivity index (χ4v) is 2.59. The molecule has 1 heterocycles. The lowest BCUT2D eigenvalue weighted by Crippen LogP contribution is -2.21. The highest BCUT2D eigenvalue weighted by atomic mass is 32.1. The SMILES string of the molecule is CC(C)CNCCCc1nc(C(C)(C)C)cs1. The van der Waals surface area contributed by atoms with Gasteiger partial charge in [0.1, 0.15) is 0 Å². The summed E-state index contributed by atoms with van der Waals surface area (Å²) in [7, 11) is 0. The number of rotatable bonds is 6. The Morgan fingerprint density at radius 2 is 2.06 bits per heavy atom. The van der Waals surface area contributed by atoms with Crippen LogP contribution in [0.2, 0.25) is 0 Å². The minimum atomic E-state index is 0.185. The number of aryl methyl sites for hydroxylation is 1. The van der Waals surface area contributed by atoms with E-state index in [1.54, 1.807) is 11.3 Å². The Morgan fingerprint density at radius 3 is 2.59 bits per heavy atom. The molecule has 2 nitrogen and oxygen atoms in total. The largest absolute Gasteiger partial charge is 0.316 e. The molecular weight excluding hydrogens is 228 g/mol. The van der Waals surface area contributed by atoms with E-state index in [2.05, 4.69) is 45.3 Å². The topological polar surface area (TPSA) is 24.9 Å². The number of hydrogen-bond acceptors (Lipinski definition) is 3. The van der Waals surface area contributed by atoms with Gasteiger partial charge in [0.25, 0.3) is 0 Å². The fraction of sp³-hybridized carbons (Fsp3) is 0.786. The van der Waals surface area contributed by atoms with E-state index in [0.29, 0.717) is 0 Å². The highest BCUT2D eigenvalue weighted by molar-refractivity contribution is 7.09. The summed E-state index contributed by atoms with van der Waals surface area (Å²) in [5.74, 6) is 0.738.